The molecule has 0 saturated carbocycles. The van der Waals surface area contributed by atoms with Crippen molar-refractivity contribution in [2.24, 2.45) is 0 Å². The van der Waals surface area contributed by atoms with Gasteiger partial charge in [-0.05, 0) is 6.92 Å². The number of rotatable bonds is 3. The summed E-state index contributed by atoms with van der Waals surface area (Å²) in [7, 11) is 1.56. The lowest BCUT2D eigenvalue weighted by Gasteiger charge is -2.27. The quantitative estimate of drug-likeness (QED) is 0.701. The Kier molecular flexibility index (Phi) is 3.94. The summed E-state index contributed by atoms with van der Waals surface area (Å²) in [6.45, 7) is 12.9. The third-order valence-electron chi connectivity index (χ3n) is 3.48. The number of hydrogen-bond acceptors (Lipinski definition) is 3. The number of carbonyl (C=O) groups excluding carboxylic acids is 1. The highest BCUT2D eigenvalue weighted by Crippen LogP contribution is 2.31. The molecule has 0 atom stereocenters. The summed E-state index contributed by atoms with van der Waals surface area (Å²) in [5, 5.41) is 23.6. The van der Waals surface area contributed by atoms with Gasteiger partial charge in [-0.15, -0.1) is 0 Å². The Bertz CT molecular complexity index is 618. The maximum absolute atomic E-state index is 11.6. The van der Waals surface area contributed by atoms with E-state index in [-0.39, 0.29) is 23.8 Å². The third-order valence-corrected chi connectivity index (χ3v) is 3.48. The van der Waals surface area contributed by atoms with E-state index in [0.29, 0.717) is 21.6 Å². The van der Waals surface area contributed by atoms with Gasteiger partial charge in [0.2, 0.25) is 5.91 Å². The van der Waals surface area contributed by atoms with Crippen molar-refractivity contribution in [1.29, 1.82) is 0 Å². The van der Waals surface area contributed by atoms with Gasteiger partial charge in [0.25, 0.3) is 0 Å². The van der Waals surface area contributed by atoms with E-state index in [2.05, 4.69) is 18.5 Å². The van der Waals surface area contributed by atoms with Crippen molar-refractivity contribution < 1.29 is 15.0 Å². The van der Waals surface area contributed by atoms with Gasteiger partial charge in [0.1, 0.15) is 11.5 Å². The Hall–Kier alpha value is -1.97. The van der Waals surface area contributed by atoms with Gasteiger partial charge in [0.05, 0.1) is 0 Å². The minimum atomic E-state index is -0.654. The van der Waals surface area contributed by atoms with Crippen LogP contribution in [0.25, 0.3) is 13.2 Å². The van der Waals surface area contributed by atoms with E-state index in [1.165, 1.54) is 0 Å². The van der Waals surface area contributed by atoms with Gasteiger partial charge in [-0.2, -0.15) is 0 Å². The molecule has 0 aliphatic heterocycles. The molecule has 0 radical (unpaired) electrons. The summed E-state index contributed by atoms with van der Waals surface area (Å²) in [5.41, 5.74) is 0.310. The van der Waals surface area contributed by atoms with Gasteiger partial charge in [0, 0.05) is 40.4 Å². The highest BCUT2D eigenvalue weighted by atomic mass is 16.3. The molecule has 0 aromatic heterocycles. The van der Waals surface area contributed by atoms with Crippen molar-refractivity contribution in [3.63, 3.8) is 0 Å². The molecule has 0 aliphatic rings. The topological polar surface area (TPSA) is 69.6 Å². The molecule has 0 saturated heterocycles. The summed E-state index contributed by atoms with van der Waals surface area (Å²) in [5.74, 6) is -0.133. The van der Waals surface area contributed by atoms with Gasteiger partial charge in [-0.3, -0.25) is 4.79 Å². The predicted octanol–water partition coefficient (Wildman–Crippen LogP) is 0.641. The highest BCUT2D eigenvalue weighted by Gasteiger charge is 2.29. The second kappa shape index (κ2) is 4.96. The second-order valence-electron chi connectivity index (χ2n) is 5.39. The van der Waals surface area contributed by atoms with Crippen LogP contribution in [0, 0.1) is 6.92 Å². The fourth-order valence-electron chi connectivity index (χ4n) is 2.27. The average molecular weight is 263 g/mol. The first-order valence-electron chi connectivity index (χ1n) is 6.07. The minimum absolute atomic E-state index is 0.00537. The zero-order chi connectivity index (χ0) is 15.0. The van der Waals surface area contributed by atoms with Crippen LogP contribution in [0.2, 0.25) is 0 Å². The second-order valence-corrected chi connectivity index (χ2v) is 5.39. The molecule has 104 valence electrons. The number of carbonyl (C=O) groups is 1. The van der Waals surface area contributed by atoms with Crippen molar-refractivity contribution in [2.45, 2.75) is 32.6 Å². The lowest BCUT2D eigenvalue weighted by molar-refractivity contribution is -0.121. The molecule has 0 bridgehead atoms. The van der Waals surface area contributed by atoms with E-state index in [9.17, 15) is 15.0 Å². The molecular weight excluding hydrogens is 242 g/mol. The lowest BCUT2D eigenvalue weighted by Crippen LogP contribution is -2.34. The molecule has 0 unspecified atom stereocenters. The largest absolute Gasteiger partial charge is 0.507 e. The zero-order valence-corrected chi connectivity index (χ0v) is 11.9. The van der Waals surface area contributed by atoms with E-state index in [4.69, 9.17) is 0 Å². The lowest BCUT2D eigenvalue weighted by atomic mass is 9.78. The molecule has 4 heteroatoms. The van der Waals surface area contributed by atoms with Crippen molar-refractivity contribution in [2.75, 3.05) is 7.05 Å². The number of nitrogens with one attached hydrogen (secondary N) is 1. The molecule has 1 amide bonds. The molecule has 19 heavy (non-hydrogen) atoms. The van der Waals surface area contributed by atoms with E-state index < -0.39 is 5.41 Å². The van der Waals surface area contributed by atoms with E-state index in [0.717, 1.165) is 0 Å². The van der Waals surface area contributed by atoms with Crippen LogP contribution in [0.15, 0.2) is 0 Å². The van der Waals surface area contributed by atoms with Crippen LogP contribution in [0.3, 0.4) is 0 Å². The van der Waals surface area contributed by atoms with Crippen LogP contribution in [-0.2, 0) is 10.2 Å². The van der Waals surface area contributed by atoms with Gasteiger partial charge in [-0.1, -0.05) is 27.0 Å². The van der Waals surface area contributed by atoms with Gasteiger partial charge in [0.15, 0.2) is 0 Å². The highest BCUT2D eigenvalue weighted by molar-refractivity contribution is 5.77. The molecule has 1 rings (SSSR count). The normalized spacial score (nSPS) is 11.4. The average Bonchev–Trinajstić information content (AvgIpc) is 2.33. The Balaban J connectivity index is 3.56. The molecule has 0 heterocycles. The fourth-order valence-corrected chi connectivity index (χ4v) is 2.27. The van der Waals surface area contributed by atoms with Gasteiger partial charge >= 0.3 is 0 Å². The zero-order valence-electron chi connectivity index (χ0n) is 11.9. The maximum atomic E-state index is 11.6. The van der Waals surface area contributed by atoms with Gasteiger partial charge in [-0.25, -0.2) is 0 Å². The van der Waals surface area contributed by atoms with E-state index in [1.807, 2.05) is 13.8 Å². The molecule has 0 fully saturated rings. The molecule has 4 nitrogen and oxygen atoms in total. The maximum Gasteiger partial charge on any atom is 0.220 e. The molecular formula is C15H21NO3. The summed E-state index contributed by atoms with van der Waals surface area (Å²) >= 11 is 0. The number of phenolic OH excluding ortho intramolecular Hbond substituents is 2. The Morgan fingerprint density at radius 2 is 1.74 bits per heavy atom. The van der Waals surface area contributed by atoms with Crippen LogP contribution in [0.5, 0.6) is 11.5 Å². The summed E-state index contributed by atoms with van der Waals surface area (Å²) in [4.78, 5) is 11.6. The first-order chi connectivity index (χ1) is 8.63. The third kappa shape index (κ3) is 2.57. The monoisotopic (exact) mass is 263 g/mol. The number of phenols is 2. The SMILES string of the molecule is C=c1c(C)c(O)c(=C)c(C(C)(C)CC(=O)NC)c1O. The minimum Gasteiger partial charge on any atom is -0.507 e. The molecule has 1 aromatic carbocycles. The number of amides is 1. The number of aromatic hydroxyl groups is 2. The first-order valence-corrected chi connectivity index (χ1v) is 6.07. The molecule has 3 N–H and O–H groups in total. The van der Waals surface area contributed by atoms with Crippen LogP contribution in [0.4, 0.5) is 0 Å². The number of benzene rings is 1. The van der Waals surface area contributed by atoms with Crippen LogP contribution in [-0.4, -0.2) is 23.2 Å². The van der Waals surface area contributed by atoms with Crippen LogP contribution < -0.4 is 15.8 Å². The summed E-state index contributed by atoms with van der Waals surface area (Å²) in [6.07, 6.45) is 0.182. The van der Waals surface area contributed by atoms with Crippen LogP contribution >= 0.6 is 0 Å². The smallest absolute Gasteiger partial charge is 0.220 e. The van der Waals surface area contributed by atoms with Crippen molar-refractivity contribution in [1.82, 2.24) is 5.32 Å². The Morgan fingerprint density at radius 3 is 2.21 bits per heavy atom. The number of hydrogen-bond donors (Lipinski definition) is 3. The first kappa shape index (κ1) is 15.1. The summed E-state index contributed by atoms with van der Waals surface area (Å²) in [6, 6.07) is 0. The van der Waals surface area contributed by atoms with Crippen molar-refractivity contribution >= 4 is 19.1 Å². The standard InChI is InChI=1S/C15H21NO3/c1-8-9(2)14(19)12(10(3)13(8)18)15(4,5)7-11(17)16-6/h18-19H,2-3,7H2,1,4-6H3,(H,16,17). The van der Waals surface area contributed by atoms with Crippen LogP contribution in [0.1, 0.15) is 31.4 Å². The Morgan fingerprint density at radius 1 is 1.21 bits per heavy atom. The molecule has 0 aliphatic carbocycles. The fraction of sp³-hybridized carbons (Fsp3) is 0.400. The van der Waals surface area contributed by atoms with E-state index >= 15 is 0 Å². The predicted molar refractivity (Wildman–Crippen MR) is 76.5 cm³/mol. The van der Waals surface area contributed by atoms with E-state index in [1.54, 1.807) is 14.0 Å². The molecule has 0 spiro atoms. The molecule has 1 aromatic rings. The van der Waals surface area contributed by atoms with Gasteiger partial charge < -0.3 is 15.5 Å². The Labute approximate surface area is 113 Å². The van der Waals surface area contributed by atoms with Crippen molar-refractivity contribution in [3.05, 3.63) is 21.6 Å². The van der Waals surface area contributed by atoms with Crippen molar-refractivity contribution in [3.8, 4) is 11.5 Å². The summed E-state index contributed by atoms with van der Waals surface area (Å²) < 4.78 is 0.